The van der Waals surface area contributed by atoms with Crippen molar-refractivity contribution >= 4 is 40.0 Å². The van der Waals surface area contributed by atoms with Crippen molar-refractivity contribution in [2.75, 3.05) is 5.32 Å². The highest BCUT2D eigenvalue weighted by molar-refractivity contribution is 6.02. The van der Waals surface area contributed by atoms with Crippen LogP contribution in [0.15, 0.2) is 59.6 Å². The van der Waals surface area contributed by atoms with E-state index in [1.165, 1.54) is 21.6 Å². The molecule has 0 atom stereocenters. The molecule has 2 heteroatoms. The topological polar surface area (TPSA) is 24.4 Å². The number of allylic oxidation sites excluding steroid dienone is 1. The Hall–Kier alpha value is -2.87. The molecular weight excluding hydrogens is 268 g/mol. The summed E-state index contributed by atoms with van der Waals surface area (Å²) in [4.78, 5) is 4.94. The fraction of sp³-hybridized carbons (Fsp3) is 0.0500. The molecule has 0 fully saturated rings. The summed E-state index contributed by atoms with van der Waals surface area (Å²) < 4.78 is 0. The maximum Gasteiger partial charge on any atom is 0.0954 e. The Bertz CT molecular complexity index is 1070. The highest BCUT2D eigenvalue weighted by atomic mass is 15.0. The van der Waals surface area contributed by atoms with Crippen molar-refractivity contribution in [2.45, 2.75) is 6.42 Å². The first-order valence-electron chi connectivity index (χ1n) is 7.58. The number of para-hydroxylation sites is 2. The minimum absolute atomic E-state index is 0.967. The van der Waals surface area contributed by atoms with Gasteiger partial charge in [-0.3, -0.25) is 0 Å². The second kappa shape index (κ2) is 4.31. The van der Waals surface area contributed by atoms with E-state index >= 15 is 0 Å². The molecule has 0 spiro atoms. The maximum atomic E-state index is 4.94. The minimum Gasteiger partial charge on any atom is -0.351 e. The first-order chi connectivity index (χ1) is 10.9. The number of benzene rings is 3. The summed E-state index contributed by atoms with van der Waals surface area (Å²) in [6, 6.07) is 16.8. The van der Waals surface area contributed by atoms with Gasteiger partial charge in [0.1, 0.15) is 0 Å². The van der Waals surface area contributed by atoms with Gasteiger partial charge >= 0.3 is 0 Å². The monoisotopic (exact) mass is 282 g/mol. The van der Waals surface area contributed by atoms with Gasteiger partial charge in [0.05, 0.1) is 22.4 Å². The SMILES string of the molecule is C1=Cc2c(c3c(c4ccccc24)Nc2ccccc2N=3)=CC1. The van der Waals surface area contributed by atoms with E-state index in [9.17, 15) is 0 Å². The molecule has 3 aromatic carbocycles. The van der Waals surface area contributed by atoms with E-state index < -0.39 is 0 Å². The Labute approximate surface area is 128 Å². The summed E-state index contributed by atoms with van der Waals surface area (Å²) in [6.07, 6.45) is 7.69. The zero-order valence-corrected chi connectivity index (χ0v) is 12.0. The third-order valence-corrected chi connectivity index (χ3v) is 4.41. The molecule has 104 valence electrons. The third-order valence-electron chi connectivity index (χ3n) is 4.41. The van der Waals surface area contributed by atoms with Crippen molar-refractivity contribution in [1.29, 1.82) is 0 Å². The fourth-order valence-corrected chi connectivity index (χ4v) is 3.40. The molecule has 1 heterocycles. The van der Waals surface area contributed by atoms with Gasteiger partial charge in [-0.2, -0.15) is 0 Å². The second-order valence-electron chi connectivity index (χ2n) is 5.69. The van der Waals surface area contributed by atoms with Gasteiger partial charge in [0, 0.05) is 10.6 Å². The summed E-state index contributed by atoms with van der Waals surface area (Å²) in [5.74, 6) is 0. The standard InChI is InChI=1S/C20H14N2/c1-3-9-15-13(7-1)14-8-2-4-10-16(14)20-19(15)21-17-11-5-6-12-18(17)22-20/h1-3,5-12,21H,4H2. The smallest absolute Gasteiger partial charge is 0.0954 e. The van der Waals surface area contributed by atoms with Crippen LogP contribution in [0.2, 0.25) is 0 Å². The second-order valence-corrected chi connectivity index (χ2v) is 5.69. The molecule has 22 heavy (non-hydrogen) atoms. The minimum atomic E-state index is 0.967. The zero-order valence-electron chi connectivity index (χ0n) is 12.0. The molecular formula is C20H14N2. The molecule has 0 bridgehead atoms. The molecule has 2 nitrogen and oxygen atoms in total. The van der Waals surface area contributed by atoms with Crippen LogP contribution in [-0.2, 0) is 0 Å². The molecule has 1 aliphatic carbocycles. The number of nitrogens with one attached hydrogen (secondary N) is 1. The van der Waals surface area contributed by atoms with Crippen LogP contribution in [0, 0.1) is 0 Å². The summed E-state index contributed by atoms with van der Waals surface area (Å²) in [6.45, 7) is 0. The van der Waals surface area contributed by atoms with E-state index in [4.69, 9.17) is 4.99 Å². The van der Waals surface area contributed by atoms with Crippen LogP contribution >= 0.6 is 0 Å². The number of hydrogen-bond donors (Lipinski definition) is 1. The molecule has 0 aromatic heterocycles. The van der Waals surface area contributed by atoms with Gasteiger partial charge in [-0.05, 0) is 29.5 Å². The lowest BCUT2D eigenvalue weighted by Crippen LogP contribution is -2.33. The summed E-state index contributed by atoms with van der Waals surface area (Å²) >= 11 is 0. The van der Waals surface area contributed by atoms with Crippen LogP contribution in [0.25, 0.3) is 22.9 Å². The summed E-state index contributed by atoms with van der Waals surface area (Å²) in [5.41, 5.74) is 4.49. The van der Waals surface area contributed by atoms with Crippen molar-refractivity contribution < 1.29 is 0 Å². The lowest BCUT2D eigenvalue weighted by Gasteiger charge is -2.19. The first kappa shape index (κ1) is 11.8. The van der Waals surface area contributed by atoms with Crippen molar-refractivity contribution in [1.82, 2.24) is 0 Å². The molecule has 1 aliphatic heterocycles. The zero-order chi connectivity index (χ0) is 14.5. The van der Waals surface area contributed by atoms with Gasteiger partial charge in [-0.25, -0.2) is 4.99 Å². The van der Waals surface area contributed by atoms with Crippen LogP contribution in [-0.4, -0.2) is 0 Å². The van der Waals surface area contributed by atoms with Gasteiger partial charge in [0.2, 0.25) is 0 Å². The number of fused-ring (bicyclic) bond motifs is 7. The lowest BCUT2D eigenvalue weighted by atomic mass is 9.95. The van der Waals surface area contributed by atoms with Crippen LogP contribution in [0.3, 0.4) is 0 Å². The van der Waals surface area contributed by atoms with Crippen LogP contribution in [0.5, 0.6) is 0 Å². The van der Waals surface area contributed by atoms with Crippen molar-refractivity contribution in [3.63, 3.8) is 0 Å². The van der Waals surface area contributed by atoms with Gasteiger partial charge in [-0.1, -0.05) is 54.6 Å². The molecule has 0 saturated carbocycles. The quantitative estimate of drug-likeness (QED) is 0.517. The number of hydrogen-bond acceptors (Lipinski definition) is 2. The van der Waals surface area contributed by atoms with E-state index in [0.29, 0.717) is 0 Å². The predicted octanol–water partition coefficient (Wildman–Crippen LogP) is 4.05. The van der Waals surface area contributed by atoms with Crippen molar-refractivity contribution in [3.8, 4) is 0 Å². The third kappa shape index (κ3) is 1.52. The van der Waals surface area contributed by atoms with Gasteiger partial charge < -0.3 is 5.32 Å². The summed E-state index contributed by atoms with van der Waals surface area (Å²) in [5, 5.41) is 8.42. The first-order valence-corrected chi connectivity index (χ1v) is 7.58. The normalized spacial score (nSPS) is 14.2. The highest BCUT2D eigenvalue weighted by Gasteiger charge is 2.16. The molecule has 0 radical (unpaired) electrons. The Morgan fingerprint density at radius 3 is 2.68 bits per heavy atom. The van der Waals surface area contributed by atoms with Gasteiger partial charge in [0.25, 0.3) is 0 Å². The van der Waals surface area contributed by atoms with Crippen LogP contribution < -0.4 is 15.9 Å². The highest BCUT2D eigenvalue weighted by Crippen LogP contribution is 2.33. The van der Waals surface area contributed by atoms with E-state index in [-0.39, 0.29) is 0 Å². The molecule has 2 aliphatic rings. The predicted molar refractivity (Wildman–Crippen MR) is 92.2 cm³/mol. The Balaban J connectivity index is 2.04. The average Bonchev–Trinajstić information content (AvgIpc) is 2.61. The van der Waals surface area contributed by atoms with Gasteiger partial charge in [-0.15, -0.1) is 0 Å². The maximum absolute atomic E-state index is 4.94. The van der Waals surface area contributed by atoms with Gasteiger partial charge in [0.15, 0.2) is 0 Å². The van der Waals surface area contributed by atoms with Crippen molar-refractivity contribution in [2.24, 2.45) is 4.99 Å². The lowest BCUT2D eigenvalue weighted by molar-refractivity contribution is 1.25. The van der Waals surface area contributed by atoms with E-state index in [1.54, 1.807) is 0 Å². The van der Waals surface area contributed by atoms with Crippen molar-refractivity contribution in [3.05, 3.63) is 70.7 Å². The largest absolute Gasteiger partial charge is 0.351 e. The molecule has 5 rings (SSSR count). The average molecular weight is 282 g/mol. The molecule has 0 saturated heterocycles. The van der Waals surface area contributed by atoms with Crippen LogP contribution in [0.1, 0.15) is 12.0 Å². The van der Waals surface area contributed by atoms with E-state index in [1.807, 2.05) is 12.1 Å². The number of anilines is 2. The number of nitrogens with zero attached hydrogens (tertiary/aromatic N) is 1. The van der Waals surface area contributed by atoms with Crippen LogP contribution in [0.4, 0.5) is 17.1 Å². The van der Waals surface area contributed by atoms with E-state index in [0.717, 1.165) is 28.8 Å². The molecule has 1 N–H and O–H groups in total. The molecule has 3 aromatic rings. The Morgan fingerprint density at radius 1 is 0.909 bits per heavy atom. The molecule has 0 unspecified atom stereocenters. The Morgan fingerprint density at radius 2 is 1.73 bits per heavy atom. The fourth-order valence-electron chi connectivity index (χ4n) is 3.40. The molecule has 0 amide bonds. The summed E-state index contributed by atoms with van der Waals surface area (Å²) in [7, 11) is 0. The number of rotatable bonds is 0. The van der Waals surface area contributed by atoms with E-state index in [2.05, 4.69) is 59.9 Å². The Kier molecular flexibility index (Phi) is 2.30.